The van der Waals surface area contributed by atoms with Crippen molar-refractivity contribution < 1.29 is 5.11 Å². The Hall–Kier alpha value is -2.39. The molecule has 3 aromatic rings. The van der Waals surface area contributed by atoms with Crippen molar-refractivity contribution in [3.05, 3.63) is 72.1 Å². The zero-order valence-corrected chi connectivity index (χ0v) is 12.0. The van der Waals surface area contributed by atoms with E-state index in [1.165, 1.54) is 0 Å². The first-order chi connectivity index (χ1) is 10.3. The molecule has 3 nitrogen and oxygen atoms in total. The molecule has 2 aromatic carbocycles. The first-order valence-corrected chi connectivity index (χ1v) is 7.17. The van der Waals surface area contributed by atoms with Gasteiger partial charge in [0, 0.05) is 16.9 Å². The lowest BCUT2D eigenvalue weighted by molar-refractivity contribution is 0.276. The van der Waals surface area contributed by atoms with Crippen LogP contribution in [0, 0.1) is 0 Å². The predicted octanol–water partition coefficient (Wildman–Crippen LogP) is 3.59. The summed E-state index contributed by atoms with van der Waals surface area (Å²) in [5.74, 6) is 0.878. The van der Waals surface area contributed by atoms with Gasteiger partial charge in [0.15, 0.2) is 0 Å². The molecule has 0 radical (unpaired) electrons. The maximum Gasteiger partial charge on any atom is 0.145 e. The van der Waals surface area contributed by atoms with Gasteiger partial charge >= 0.3 is 0 Å². The number of aliphatic hydroxyl groups excluding tert-OH is 1. The molecule has 3 heteroatoms. The molecule has 0 bridgehead atoms. The Morgan fingerprint density at radius 1 is 0.952 bits per heavy atom. The Kier molecular flexibility index (Phi) is 3.84. The van der Waals surface area contributed by atoms with E-state index in [4.69, 9.17) is 0 Å². The van der Waals surface area contributed by atoms with E-state index in [9.17, 15) is 5.11 Å². The Labute approximate surface area is 124 Å². The summed E-state index contributed by atoms with van der Waals surface area (Å²) in [5.41, 5.74) is 3.93. The number of benzene rings is 2. The molecule has 1 heterocycles. The molecule has 1 N–H and O–H groups in total. The molecule has 0 atom stereocenters. The monoisotopic (exact) mass is 278 g/mol. The summed E-state index contributed by atoms with van der Waals surface area (Å²) in [6, 6.07) is 20.2. The molecule has 3 rings (SSSR count). The fraction of sp³-hybridized carbons (Fsp3) is 0.167. The third-order valence-corrected chi connectivity index (χ3v) is 3.59. The lowest BCUT2D eigenvalue weighted by atomic mass is 10.2. The third-order valence-electron chi connectivity index (χ3n) is 3.59. The number of para-hydroxylation sites is 1. The maximum absolute atomic E-state index is 9.61. The van der Waals surface area contributed by atoms with Crippen LogP contribution in [0.15, 0.2) is 60.7 Å². The number of aromatic nitrogens is 2. The largest absolute Gasteiger partial charge is 0.390 e. The van der Waals surface area contributed by atoms with Crippen LogP contribution in [0.1, 0.15) is 18.3 Å². The minimum Gasteiger partial charge on any atom is -0.390 e. The molecule has 0 aliphatic heterocycles. The minimum absolute atomic E-state index is 0.0388. The summed E-state index contributed by atoms with van der Waals surface area (Å²) >= 11 is 0. The van der Waals surface area contributed by atoms with E-state index in [0.29, 0.717) is 0 Å². The van der Waals surface area contributed by atoms with Gasteiger partial charge in [0.25, 0.3) is 0 Å². The van der Waals surface area contributed by atoms with Gasteiger partial charge in [0.05, 0.1) is 12.3 Å². The summed E-state index contributed by atoms with van der Waals surface area (Å²) < 4.78 is 2.14. The number of hydrogen-bond donors (Lipinski definition) is 1. The van der Waals surface area contributed by atoms with Crippen LogP contribution in [-0.4, -0.2) is 14.7 Å². The van der Waals surface area contributed by atoms with Gasteiger partial charge in [0.1, 0.15) is 5.82 Å². The van der Waals surface area contributed by atoms with Crippen LogP contribution in [0.2, 0.25) is 0 Å². The van der Waals surface area contributed by atoms with Crippen LogP contribution >= 0.6 is 0 Å². The molecular weight excluding hydrogens is 260 g/mol. The van der Waals surface area contributed by atoms with Crippen molar-refractivity contribution in [2.75, 3.05) is 0 Å². The van der Waals surface area contributed by atoms with Gasteiger partial charge in [-0.1, -0.05) is 55.5 Å². The smallest absolute Gasteiger partial charge is 0.145 e. The van der Waals surface area contributed by atoms with Crippen molar-refractivity contribution in [2.24, 2.45) is 0 Å². The fourth-order valence-electron chi connectivity index (χ4n) is 2.62. The summed E-state index contributed by atoms with van der Waals surface area (Å²) in [4.78, 5) is 4.66. The van der Waals surface area contributed by atoms with E-state index in [1.807, 2.05) is 48.5 Å². The lowest BCUT2D eigenvalue weighted by Crippen LogP contribution is -2.02. The average molecular weight is 278 g/mol. The number of aliphatic hydroxyl groups is 1. The van der Waals surface area contributed by atoms with Gasteiger partial charge in [-0.15, -0.1) is 0 Å². The maximum atomic E-state index is 9.61. The van der Waals surface area contributed by atoms with Crippen LogP contribution < -0.4 is 0 Å². The SMILES string of the molecule is CCc1c(CO)nc(-c2ccccc2)n1-c1ccccc1. The van der Waals surface area contributed by atoms with E-state index in [1.54, 1.807) is 0 Å². The number of hydrogen-bond acceptors (Lipinski definition) is 2. The summed E-state index contributed by atoms with van der Waals surface area (Å²) in [6.45, 7) is 2.05. The molecule has 0 aliphatic rings. The van der Waals surface area contributed by atoms with E-state index >= 15 is 0 Å². The van der Waals surface area contributed by atoms with Gasteiger partial charge in [0.2, 0.25) is 0 Å². The highest BCUT2D eigenvalue weighted by Gasteiger charge is 2.17. The molecule has 1 aromatic heterocycles. The molecule has 0 amide bonds. The van der Waals surface area contributed by atoms with E-state index in [0.717, 1.165) is 34.9 Å². The highest BCUT2D eigenvalue weighted by atomic mass is 16.3. The fourth-order valence-corrected chi connectivity index (χ4v) is 2.62. The Morgan fingerprint density at radius 2 is 1.57 bits per heavy atom. The highest BCUT2D eigenvalue weighted by molar-refractivity contribution is 5.60. The molecule has 106 valence electrons. The summed E-state index contributed by atoms with van der Waals surface area (Å²) in [6.07, 6.45) is 0.824. The van der Waals surface area contributed by atoms with Crippen molar-refractivity contribution in [1.82, 2.24) is 9.55 Å². The summed E-state index contributed by atoms with van der Waals surface area (Å²) in [5, 5.41) is 9.61. The topological polar surface area (TPSA) is 38.1 Å². The van der Waals surface area contributed by atoms with E-state index in [2.05, 4.69) is 28.6 Å². The van der Waals surface area contributed by atoms with Crippen molar-refractivity contribution in [2.45, 2.75) is 20.0 Å². The van der Waals surface area contributed by atoms with Crippen LogP contribution in [0.5, 0.6) is 0 Å². The van der Waals surface area contributed by atoms with Crippen LogP contribution in [0.4, 0.5) is 0 Å². The lowest BCUT2D eigenvalue weighted by Gasteiger charge is -2.11. The van der Waals surface area contributed by atoms with Crippen LogP contribution in [-0.2, 0) is 13.0 Å². The zero-order valence-electron chi connectivity index (χ0n) is 12.0. The Morgan fingerprint density at radius 3 is 2.14 bits per heavy atom. The molecular formula is C18H18N2O. The van der Waals surface area contributed by atoms with Gasteiger partial charge in [-0.05, 0) is 18.6 Å². The quantitative estimate of drug-likeness (QED) is 0.792. The first kappa shape index (κ1) is 13.6. The van der Waals surface area contributed by atoms with Gasteiger partial charge in [-0.2, -0.15) is 0 Å². The Balaban J connectivity index is 2.27. The van der Waals surface area contributed by atoms with Crippen molar-refractivity contribution in [1.29, 1.82) is 0 Å². The molecule has 0 saturated carbocycles. The van der Waals surface area contributed by atoms with Crippen molar-refractivity contribution in [3.63, 3.8) is 0 Å². The van der Waals surface area contributed by atoms with E-state index in [-0.39, 0.29) is 6.61 Å². The molecule has 0 spiro atoms. The van der Waals surface area contributed by atoms with Crippen LogP contribution in [0.3, 0.4) is 0 Å². The van der Waals surface area contributed by atoms with E-state index < -0.39 is 0 Å². The molecule has 0 saturated heterocycles. The van der Waals surface area contributed by atoms with Gasteiger partial charge in [-0.25, -0.2) is 4.98 Å². The predicted molar refractivity (Wildman–Crippen MR) is 84.3 cm³/mol. The second kappa shape index (κ2) is 5.94. The number of imidazole rings is 1. The minimum atomic E-state index is -0.0388. The highest BCUT2D eigenvalue weighted by Crippen LogP contribution is 2.27. The molecule has 0 unspecified atom stereocenters. The van der Waals surface area contributed by atoms with Crippen molar-refractivity contribution >= 4 is 0 Å². The summed E-state index contributed by atoms with van der Waals surface area (Å²) in [7, 11) is 0. The average Bonchev–Trinajstić information content (AvgIpc) is 2.95. The van der Waals surface area contributed by atoms with Crippen molar-refractivity contribution in [3.8, 4) is 17.1 Å². The zero-order chi connectivity index (χ0) is 14.7. The van der Waals surface area contributed by atoms with Gasteiger partial charge < -0.3 is 5.11 Å². The number of nitrogens with zero attached hydrogens (tertiary/aromatic N) is 2. The first-order valence-electron chi connectivity index (χ1n) is 7.17. The molecule has 0 aliphatic carbocycles. The second-order valence-electron chi connectivity index (χ2n) is 4.88. The molecule has 0 fully saturated rings. The molecule has 21 heavy (non-hydrogen) atoms. The Bertz CT molecular complexity index is 718. The third kappa shape index (κ3) is 2.48. The standard InChI is InChI=1S/C18H18N2O/c1-2-17-16(13-21)19-18(14-9-5-3-6-10-14)20(17)15-11-7-4-8-12-15/h3-12,21H,2,13H2,1H3. The second-order valence-corrected chi connectivity index (χ2v) is 4.88. The van der Waals surface area contributed by atoms with Gasteiger partial charge in [-0.3, -0.25) is 4.57 Å². The number of rotatable bonds is 4. The normalized spacial score (nSPS) is 10.8. The van der Waals surface area contributed by atoms with Crippen LogP contribution in [0.25, 0.3) is 17.1 Å².